The second-order valence-corrected chi connectivity index (χ2v) is 4.99. The molecule has 0 aliphatic rings. The summed E-state index contributed by atoms with van der Waals surface area (Å²) >= 11 is 1.88. The molecule has 1 rings (SSSR count). The number of hydrogen-bond donors (Lipinski definition) is 1. The van der Waals surface area contributed by atoms with E-state index in [9.17, 15) is 0 Å². The normalized spacial score (nSPS) is 13.1. The van der Waals surface area contributed by atoms with E-state index in [0.29, 0.717) is 12.6 Å². The molecule has 0 aliphatic heterocycles. The molecule has 0 aliphatic carbocycles. The molecule has 1 heterocycles. The van der Waals surface area contributed by atoms with Crippen LogP contribution in [0.3, 0.4) is 0 Å². The molecule has 3 nitrogen and oxygen atoms in total. The first-order valence-corrected chi connectivity index (χ1v) is 6.89. The highest BCUT2D eigenvalue weighted by Gasteiger charge is 2.09. The molecule has 0 radical (unpaired) electrons. The Morgan fingerprint density at radius 1 is 1.50 bits per heavy atom. The predicted molar refractivity (Wildman–Crippen MR) is 71.4 cm³/mol. The monoisotopic (exact) mass is 239 g/mol. The lowest BCUT2D eigenvalue weighted by atomic mass is 10.2. The summed E-state index contributed by atoms with van der Waals surface area (Å²) in [5.41, 5.74) is 7.73. The van der Waals surface area contributed by atoms with Gasteiger partial charge in [-0.15, -0.1) is 0 Å². The maximum atomic E-state index is 5.54. The maximum absolute atomic E-state index is 5.54. The highest BCUT2D eigenvalue weighted by Crippen LogP contribution is 2.08. The van der Waals surface area contributed by atoms with E-state index >= 15 is 0 Å². The Hall–Kier alpha value is -0.580. The minimum atomic E-state index is 0.562. The topological polar surface area (TPSA) is 42.1 Å². The van der Waals surface area contributed by atoms with Crippen molar-refractivity contribution in [1.29, 1.82) is 0 Å². The lowest BCUT2D eigenvalue weighted by Crippen LogP contribution is -2.30. The van der Waals surface area contributed by atoms with E-state index in [1.165, 1.54) is 0 Å². The molecule has 4 heteroatoms. The summed E-state index contributed by atoms with van der Waals surface area (Å²) in [6, 6.07) is 4.69. The van der Waals surface area contributed by atoms with Crippen LogP contribution in [-0.4, -0.2) is 35.0 Å². The summed E-state index contributed by atoms with van der Waals surface area (Å²) in [5.74, 6) is 1.15. The summed E-state index contributed by atoms with van der Waals surface area (Å²) in [6.45, 7) is 3.70. The van der Waals surface area contributed by atoms with E-state index in [0.717, 1.165) is 23.6 Å². The van der Waals surface area contributed by atoms with Crippen molar-refractivity contribution in [2.75, 3.05) is 19.1 Å². The highest BCUT2D eigenvalue weighted by molar-refractivity contribution is 7.98. The van der Waals surface area contributed by atoms with Crippen molar-refractivity contribution >= 4 is 11.8 Å². The van der Waals surface area contributed by atoms with Gasteiger partial charge in [-0.1, -0.05) is 6.07 Å². The Bertz CT molecular complexity index is 300. The molecule has 90 valence electrons. The Balaban J connectivity index is 2.52. The summed E-state index contributed by atoms with van der Waals surface area (Å²) in [4.78, 5) is 6.72. The molecule has 1 aromatic rings. The van der Waals surface area contributed by atoms with Crippen LogP contribution in [0.15, 0.2) is 18.3 Å². The van der Waals surface area contributed by atoms with E-state index < -0.39 is 0 Å². The number of nitrogens with zero attached hydrogens (tertiary/aromatic N) is 2. The molecular formula is C12H21N3S. The van der Waals surface area contributed by atoms with Gasteiger partial charge in [0.1, 0.15) is 0 Å². The van der Waals surface area contributed by atoms with Gasteiger partial charge < -0.3 is 5.73 Å². The fraction of sp³-hybridized carbons (Fsp3) is 0.583. The predicted octanol–water partition coefficient (Wildman–Crippen LogP) is 1.72. The summed E-state index contributed by atoms with van der Waals surface area (Å²) in [6.07, 6.45) is 4.00. The van der Waals surface area contributed by atoms with Gasteiger partial charge >= 0.3 is 0 Å². The standard InChI is InChI=1S/C12H21N3S/c1-10(9-16-3)15(2)8-12-5-4-11(6-13)7-14-12/h4-5,7,10H,6,8-9,13H2,1-3H3. The van der Waals surface area contributed by atoms with Crippen molar-refractivity contribution in [3.8, 4) is 0 Å². The molecule has 0 bridgehead atoms. The molecule has 1 aromatic heterocycles. The van der Waals surface area contributed by atoms with Crippen LogP contribution >= 0.6 is 11.8 Å². The first-order valence-electron chi connectivity index (χ1n) is 5.50. The van der Waals surface area contributed by atoms with Crippen LogP contribution in [0, 0.1) is 0 Å². The maximum Gasteiger partial charge on any atom is 0.0544 e. The molecular weight excluding hydrogens is 218 g/mol. The van der Waals surface area contributed by atoms with Crippen molar-refractivity contribution in [1.82, 2.24) is 9.88 Å². The van der Waals surface area contributed by atoms with Crippen LogP contribution in [0.2, 0.25) is 0 Å². The molecule has 16 heavy (non-hydrogen) atoms. The second kappa shape index (κ2) is 6.89. The minimum Gasteiger partial charge on any atom is -0.326 e. The average Bonchev–Trinajstić information content (AvgIpc) is 2.30. The summed E-state index contributed by atoms with van der Waals surface area (Å²) in [7, 11) is 2.14. The van der Waals surface area contributed by atoms with Crippen molar-refractivity contribution < 1.29 is 0 Å². The third-order valence-corrected chi connectivity index (χ3v) is 3.51. The Morgan fingerprint density at radius 3 is 2.75 bits per heavy atom. The van der Waals surface area contributed by atoms with Crippen molar-refractivity contribution in [3.63, 3.8) is 0 Å². The third kappa shape index (κ3) is 4.12. The van der Waals surface area contributed by atoms with Crippen LogP contribution in [0.25, 0.3) is 0 Å². The molecule has 2 N–H and O–H groups in total. The Morgan fingerprint density at radius 2 is 2.25 bits per heavy atom. The average molecular weight is 239 g/mol. The van der Waals surface area contributed by atoms with E-state index in [1.807, 2.05) is 18.0 Å². The largest absolute Gasteiger partial charge is 0.326 e. The van der Waals surface area contributed by atoms with Gasteiger partial charge in [0, 0.05) is 31.1 Å². The molecule has 0 fully saturated rings. The smallest absolute Gasteiger partial charge is 0.0544 e. The van der Waals surface area contributed by atoms with Crippen LogP contribution in [0.4, 0.5) is 0 Å². The summed E-state index contributed by atoms with van der Waals surface area (Å²) in [5, 5.41) is 0. The number of rotatable bonds is 6. The van der Waals surface area contributed by atoms with Gasteiger partial charge in [-0.05, 0) is 31.9 Å². The number of thioether (sulfide) groups is 1. The summed E-state index contributed by atoms with van der Waals surface area (Å²) < 4.78 is 0. The lowest BCUT2D eigenvalue weighted by Gasteiger charge is -2.23. The zero-order valence-electron chi connectivity index (χ0n) is 10.3. The Kier molecular flexibility index (Phi) is 5.80. The van der Waals surface area contributed by atoms with Crippen LogP contribution < -0.4 is 5.73 Å². The molecule has 0 saturated heterocycles. The van der Waals surface area contributed by atoms with Gasteiger partial charge in [0.05, 0.1) is 5.69 Å². The fourth-order valence-corrected chi connectivity index (χ4v) is 2.19. The van der Waals surface area contributed by atoms with Crippen LogP contribution in [-0.2, 0) is 13.1 Å². The van der Waals surface area contributed by atoms with Crippen molar-refractivity contribution in [2.45, 2.75) is 26.1 Å². The van der Waals surface area contributed by atoms with Crippen LogP contribution in [0.1, 0.15) is 18.2 Å². The molecule has 0 amide bonds. The van der Waals surface area contributed by atoms with Gasteiger partial charge in [0.15, 0.2) is 0 Å². The molecule has 0 spiro atoms. The van der Waals surface area contributed by atoms with Gasteiger partial charge in [0.2, 0.25) is 0 Å². The van der Waals surface area contributed by atoms with Crippen molar-refractivity contribution in [3.05, 3.63) is 29.6 Å². The zero-order valence-corrected chi connectivity index (χ0v) is 11.1. The highest BCUT2D eigenvalue weighted by atomic mass is 32.2. The molecule has 0 saturated carbocycles. The molecule has 1 atom stereocenters. The number of nitrogens with two attached hydrogens (primary N) is 1. The van der Waals surface area contributed by atoms with E-state index in [1.54, 1.807) is 0 Å². The van der Waals surface area contributed by atoms with Gasteiger partial charge in [0.25, 0.3) is 0 Å². The van der Waals surface area contributed by atoms with E-state index in [-0.39, 0.29) is 0 Å². The quantitative estimate of drug-likeness (QED) is 0.821. The number of aromatic nitrogens is 1. The van der Waals surface area contributed by atoms with E-state index in [2.05, 4.69) is 42.2 Å². The van der Waals surface area contributed by atoms with Gasteiger partial charge in [-0.25, -0.2) is 0 Å². The first kappa shape index (κ1) is 13.5. The zero-order chi connectivity index (χ0) is 12.0. The third-order valence-electron chi connectivity index (χ3n) is 2.69. The van der Waals surface area contributed by atoms with E-state index in [4.69, 9.17) is 5.73 Å². The van der Waals surface area contributed by atoms with Crippen LogP contribution in [0.5, 0.6) is 0 Å². The van der Waals surface area contributed by atoms with Gasteiger partial charge in [-0.2, -0.15) is 11.8 Å². The van der Waals surface area contributed by atoms with Crippen molar-refractivity contribution in [2.24, 2.45) is 5.73 Å². The lowest BCUT2D eigenvalue weighted by molar-refractivity contribution is 0.266. The molecule has 1 unspecified atom stereocenters. The fourth-order valence-electron chi connectivity index (χ4n) is 1.45. The van der Waals surface area contributed by atoms with Gasteiger partial charge in [-0.3, -0.25) is 9.88 Å². The molecule has 0 aromatic carbocycles. The Labute approximate surface area is 102 Å². The number of pyridine rings is 1. The SMILES string of the molecule is CSCC(C)N(C)Cc1ccc(CN)cn1. The second-order valence-electron chi connectivity index (χ2n) is 4.08. The first-order chi connectivity index (χ1) is 7.67. The number of hydrogen-bond acceptors (Lipinski definition) is 4. The minimum absolute atomic E-state index is 0.562.